The Balaban J connectivity index is 1.54. The van der Waals surface area contributed by atoms with Gasteiger partial charge in [-0.3, -0.25) is 9.69 Å². The number of ether oxygens (including phenoxy) is 3. The summed E-state index contributed by atoms with van der Waals surface area (Å²) < 4.78 is 15.8. The van der Waals surface area contributed by atoms with E-state index < -0.39 is 0 Å². The smallest absolute Gasteiger partial charge is 0.266 e. The maximum Gasteiger partial charge on any atom is 0.266 e. The van der Waals surface area contributed by atoms with E-state index in [9.17, 15) is 4.79 Å². The highest BCUT2D eigenvalue weighted by Crippen LogP contribution is 2.34. The lowest BCUT2D eigenvalue weighted by Gasteiger charge is -2.28. The average molecular weight is 454 g/mol. The predicted molar refractivity (Wildman–Crippen MR) is 129 cm³/mol. The van der Waals surface area contributed by atoms with E-state index in [4.69, 9.17) is 19.2 Å². The number of nitrogens with zero attached hydrogens (tertiary/aromatic N) is 3. The molecule has 168 valence electrons. The van der Waals surface area contributed by atoms with E-state index in [1.54, 1.807) is 19.1 Å². The van der Waals surface area contributed by atoms with E-state index in [0.29, 0.717) is 23.2 Å². The van der Waals surface area contributed by atoms with E-state index in [2.05, 4.69) is 17.0 Å². The summed E-state index contributed by atoms with van der Waals surface area (Å²) in [4.78, 5) is 22.4. The minimum Gasteiger partial charge on any atom is -0.497 e. The average Bonchev–Trinajstić information content (AvgIpc) is 3.12. The van der Waals surface area contributed by atoms with Gasteiger partial charge < -0.3 is 19.1 Å². The third-order valence-corrected chi connectivity index (χ3v) is 6.28. The van der Waals surface area contributed by atoms with Gasteiger partial charge in [0.2, 0.25) is 0 Å². The van der Waals surface area contributed by atoms with Crippen LogP contribution in [0, 0.1) is 0 Å². The first-order valence-electron chi connectivity index (χ1n) is 10.5. The number of hydrogen-bond donors (Lipinski definition) is 0. The molecular weight excluding hydrogens is 426 g/mol. The van der Waals surface area contributed by atoms with Crippen LogP contribution in [0.3, 0.4) is 0 Å². The molecule has 2 aromatic carbocycles. The second-order valence-corrected chi connectivity index (χ2v) is 8.35. The summed E-state index contributed by atoms with van der Waals surface area (Å²) in [6.07, 6.45) is 1.92. The second kappa shape index (κ2) is 10.7. The third kappa shape index (κ3) is 5.32. The Labute approximate surface area is 192 Å². The van der Waals surface area contributed by atoms with Gasteiger partial charge in [0.05, 0.1) is 44.1 Å². The van der Waals surface area contributed by atoms with Gasteiger partial charge in [0.25, 0.3) is 5.91 Å². The molecule has 0 radical (unpaired) electrons. The molecular formula is C24H27N3O4S. The van der Waals surface area contributed by atoms with E-state index in [1.165, 1.54) is 17.4 Å². The maximum absolute atomic E-state index is 13.1. The minimum atomic E-state index is -0.0587. The fourth-order valence-electron chi connectivity index (χ4n) is 3.49. The molecule has 2 heterocycles. The van der Waals surface area contributed by atoms with E-state index in [-0.39, 0.29) is 5.91 Å². The number of carbonyl (C=O) groups excluding carboxylic acids is 1. The van der Waals surface area contributed by atoms with Gasteiger partial charge in [0.15, 0.2) is 5.17 Å². The lowest BCUT2D eigenvalue weighted by atomic mass is 10.1. The lowest BCUT2D eigenvalue weighted by Crippen LogP contribution is -2.36. The molecule has 2 aliphatic heterocycles. The summed E-state index contributed by atoms with van der Waals surface area (Å²) in [5, 5.41) is 0.647. The van der Waals surface area contributed by atoms with Crippen molar-refractivity contribution < 1.29 is 19.0 Å². The lowest BCUT2D eigenvalue weighted by molar-refractivity contribution is -0.122. The maximum atomic E-state index is 13.1. The van der Waals surface area contributed by atoms with Gasteiger partial charge in [0.1, 0.15) is 5.75 Å². The highest BCUT2D eigenvalue weighted by Gasteiger charge is 2.33. The van der Waals surface area contributed by atoms with Crippen LogP contribution in [-0.2, 0) is 14.3 Å². The molecule has 32 heavy (non-hydrogen) atoms. The number of anilines is 1. The van der Waals surface area contributed by atoms with Crippen molar-refractivity contribution in [2.24, 2.45) is 4.99 Å². The largest absolute Gasteiger partial charge is 0.497 e. The second-order valence-electron chi connectivity index (χ2n) is 7.34. The third-order valence-electron chi connectivity index (χ3n) is 5.27. The normalized spacial score (nSPS) is 19.2. The zero-order valence-corrected chi connectivity index (χ0v) is 19.1. The predicted octanol–water partition coefficient (Wildman–Crippen LogP) is 3.78. The molecule has 4 rings (SSSR count). The van der Waals surface area contributed by atoms with Crippen LogP contribution in [0.5, 0.6) is 5.75 Å². The molecule has 7 nitrogen and oxygen atoms in total. The quantitative estimate of drug-likeness (QED) is 0.595. The molecule has 2 aromatic rings. The van der Waals surface area contributed by atoms with Crippen LogP contribution in [0.4, 0.5) is 11.4 Å². The van der Waals surface area contributed by atoms with Gasteiger partial charge >= 0.3 is 0 Å². The van der Waals surface area contributed by atoms with Crippen LogP contribution in [0.2, 0.25) is 0 Å². The van der Waals surface area contributed by atoms with Crippen molar-refractivity contribution in [3.63, 3.8) is 0 Å². The van der Waals surface area contributed by atoms with Crippen LogP contribution in [0.25, 0.3) is 6.08 Å². The molecule has 1 amide bonds. The molecule has 0 saturated carbocycles. The molecule has 0 aliphatic carbocycles. The van der Waals surface area contributed by atoms with E-state index in [0.717, 1.165) is 43.3 Å². The summed E-state index contributed by atoms with van der Waals surface area (Å²) >= 11 is 1.38. The molecule has 2 aliphatic rings. The Bertz CT molecular complexity index is 983. The first kappa shape index (κ1) is 22.4. The fraction of sp³-hybridized carbons (Fsp3) is 0.333. The van der Waals surface area contributed by atoms with Crippen LogP contribution in [0.15, 0.2) is 58.4 Å². The van der Waals surface area contributed by atoms with Crippen LogP contribution in [0.1, 0.15) is 5.56 Å². The Morgan fingerprint density at radius 1 is 1.06 bits per heavy atom. The number of carbonyl (C=O) groups is 1. The van der Waals surface area contributed by atoms with Gasteiger partial charge in [0, 0.05) is 25.9 Å². The molecule has 0 N–H and O–H groups in total. The fourth-order valence-corrected chi connectivity index (χ4v) is 4.52. The number of methoxy groups -OCH3 is 2. The standard InChI is InChI=1S/C24H27N3O4S/c1-29-14-13-27-23(28)22(32-24(27)25-19-5-9-21(30-2)10-6-19)17-18-3-7-20(8-4-18)26-11-15-31-16-12-26/h3-10,17H,11-16H2,1-2H3/b22-17-,25-24?. The zero-order chi connectivity index (χ0) is 22.3. The van der Waals surface area contributed by atoms with Crippen LogP contribution >= 0.6 is 11.8 Å². The summed E-state index contributed by atoms with van der Waals surface area (Å²) in [6.45, 7) is 4.19. The Hall–Kier alpha value is -2.81. The van der Waals surface area contributed by atoms with Crippen molar-refractivity contribution in [1.29, 1.82) is 0 Å². The van der Waals surface area contributed by atoms with Gasteiger partial charge in [-0.1, -0.05) is 12.1 Å². The number of benzene rings is 2. The Morgan fingerprint density at radius 2 is 1.78 bits per heavy atom. The molecule has 2 fully saturated rings. The highest BCUT2D eigenvalue weighted by atomic mass is 32.2. The number of hydrogen-bond acceptors (Lipinski definition) is 7. The number of amidine groups is 1. The number of morpholine rings is 1. The monoisotopic (exact) mass is 453 g/mol. The van der Waals surface area contributed by atoms with Crippen molar-refractivity contribution in [2.75, 3.05) is 58.6 Å². The molecule has 0 spiro atoms. The summed E-state index contributed by atoms with van der Waals surface area (Å²) in [6, 6.07) is 15.7. The first-order chi connectivity index (χ1) is 15.7. The minimum absolute atomic E-state index is 0.0587. The molecule has 0 aromatic heterocycles. The first-order valence-corrected chi connectivity index (χ1v) is 11.4. The summed E-state index contributed by atoms with van der Waals surface area (Å²) in [5.41, 5.74) is 2.92. The van der Waals surface area contributed by atoms with Gasteiger partial charge in [-0.15, -0.1) is 0 Å². The number of rotatable bonds is 7. The van der Waals surface area contributed by atoms with E-state index >= 15 is 0 Å². The Kier molecular flexibility index (Phi) is 7.47. The van der Waals surface area contributed by atoms with Crippen LogP contribution < -0.4 is 9.64 Å². The number of aliphatic imine (C=N–C) groups is 1. The highest BCUT2D eigenvalue weighted by molar-refractivity contribution is 8.18. The van der Waals surface area contributed by atoms with Crippen molar-refractivity contribution in [2.45, 2.75) is 0 Å². The topological polar surface area (TPSA) is 63.6 Å². The van der Waals surface area contributed by atoms with Crippen molar-refractivity contribution in [1.82, 2.24) is 4.90 Å². The summed E-state index contributed by atoms with van der Waals surface area (Å²) in [7, 11) is 3.25. The van der Waals surface area contributed by atoms with Crippen LogP contribution in [-0.4, -0.2) is 69.6 Å². The van der Waals surface area contributed by atoms with Crippen molar-refractivity contribution >= 4 is 40.3 Å². The van der Waals surface area contributed by atoms with Gasteiger partial charge in [-0.05, 0) is 59.8 Å². The Morgan fingerprint density at radius 3 is 2.44 bits per heavy atom. The van der Waals surface area contributed by atoms with E-state index in [1.807, 2.05) is 42.5 Å². The number of thioether (sulfide) groups is 1. The molecule has 8 heteroatoms. The molecule has 0 bridgehead atoms. The van der Waals surface area contributed by atoms with Gasteiger partial charge in [-0.25, -0.2) is 4.99 Å². The van der Waals surface area contributed by atoms with Crippen molar-refractivity contribution in [3.8, 4) is 5.75 Å². The summed E-state index contributed by atoms with van der Waals surface area (Å²) in [5.74, 6) is 0.706. The number of amides is 1. The molecule has 2 saturated heterocycles. The molecule has 0 atom stereocenters. The molecule has 0 unspecified atom stereocenters. The zero-order valence-electron chi connectivity index (χ0n) is 18.3. The van der Waals surface area contributed by atoms with Crippen molar-refractivity contribution in [3.05, 3.63) is 59.0 Å². The SMILES string of the molecule is COCCN1C(=O)/C(=C/c2ccc(N3CCOCC3)cc2)SC1=Nc1ccc(OC)cc1. The van der Waals surface area contributed by atoms with Gasteiger partial charge in [-0.2, -0.15) is 0 Å².